The Labute approximate surface area is 140 Å². The number of nitrogens with one attached hydrogen (secondary N) is 2. The van der Waals surface area contributed by atoms with Gasteiger partial charge in [0.05, 0.1) is 0 Å². The zero-order valence-corrected chi connectivity index (χ0v) is 16.1. The van der Waals surface area contributed by atoms with Gasteiger partial charge in [-0.05, 0) is 79.0 Å². The van der Waals surface area contributed by atoms with E-state index in [-0.39, 0.29) is 0 Å². The van der Waals surface area contributed by atoms with E-state index < -0.39 is 0 Å². The van der Waals surface area contributed by atoms with E-state index in [1.807, 2.05) is 0 Å². The molecule has 0 aromatic rings. The van der Waals surface area contributed by atoms with Crippen molar-refractivity contribution in [1.82, 2.24) is 20.4 Å². The summed E-state index contributed by atoms with van der Waals surface area (Å²) in [7, 11) is 0. The lowest BCUT2D eigenvalue weighted by atomic mass is 10.1. The summed E-state index contributed by atoms with van der Waals surface area (Å²) in [5.41, 5.74) is 0. The van der Waals surface area contributed by atoms with E-state index >= 15 is 0 Å². The van der Waals surface area contributed by atoms with E-state index in [1.165, 1.54) is 25.9 Å². The molecular formula is C18H42N4. The van der Waals surface area contributed by atoms with Crippen molar-refractivity contribution in [2.75, 3.05) is 52.4 Å². The number of nitrogens with zero attached hydrogens (tertiary/aromatic N) is 2. The highest BCUT2D eigenvalue weighted by Gasteiger charge is 2.10. The standard InChI is InChI=1S/C18H42N4/c1-7-21(8-2)15-11-13-19-17(5)18(6)20-14-12-16-22(9-3)10-4/h17-20H,7-16H2,1-6H3. The van der Waals surface area contributed by atoms with Gasteiger partial charge in [-0.25, -0.2) is 0 Å². The summed E-state index contributed by atoms with van der Waals surface area (Å²) in [5, 5.41) is 7.32. The molecule has 2 unspecified atom stereocenters. The van der Waals surface area contributed by atoms with Crippen LogP contribution in [-0.2, 0) is 0 Å². The lowest BCUT2D eigenvalue weighted by Gasteiger charge is -2.24. The molecule has 0 bridgehead atoms. The Kier molecular flexibility index (Phi) is 14.3. The molecule has 22 heavy (non-hydrogen) atoms. The first-order valence-electron chi connectivity index (χ1n) is 9.50. The van der Waals surface area contributed by atoms with E-state index in [0.29, 0.717) is 12.1 Å². The molecule has 0 rings (SSSR count). The predicted octanol–water partition coefficient (Wildman–Crippen LogP) is 2.41. The van der Waals surface area contributed by atoms with Crippen LogP contribution in [0.25, 0.3) is 0 Å². The zero-order valence-electron chi connectivity index (χ0n) is 16.1. The lowest BCUT2D eigenvalue weighted by Crippen LogP contribution is -2.45. The molecule has 0 aliphatic rings. The minimum absolute atomic E-state index is 0.533. The molecule has 2 N–H and O–H groups in total. The molecule has 0 heterocycles. The average molecular weight is 315 g/mol. The van der Waals surface area contributed by atoms with Crippen molar-refractivity contribution in [3.05, 3.63) is 0 Å². The van der Waals surface area contributed by atoms with Gasteiger partial charge in [-0.3, -0.25) is 0 Å². The second kappa shape index (κ2) is 14.4. The highest BCUT2D eigenvalue weighted by atomic mass is 15.1. The first-order chi connectivity index (χ1) is 10.6. The molecule has 4 heteroatoms. The zero-order chi connectivity index (χ0) is 16.8. The normalized spacial score (nSPS) is 14.7. The van der Waals surface area contributed by atoms with Crippen LogP contribution in [0.5, 0.6) is 0 Å². The maximum absolute atomic E-state index is 3.66. The minimum Gasteiger partial charge on any atom is -0.313 e. The fourth-order valence-corrected chi connectivity index (χ4v) is 2.70. The lowest BCUT2D eigenvalue weighted by molar-refractivity contribution is 0.287. The van der Waals surface area contributed by atoms with Gasteiger partial charge in [-0.2, -0.15) is 0 Å². The Morgan fingerprint density at radius 2 is 0.955 bits per heavy atom. The Hall–Kier alpha value is -0.160. The molecule has 0 saturated heterocycles. The van der Waals surface area contributed by atoms with E-state index in [1.54, 1.807) is 0 Å². The summed E-state index contributed by atoms with van der Waals surface area (Å²) in [6.45, 7) is 22.8. The van der Waals surface area contributed by atoms with Crippen molar-refractivity contribution < 1.29 is 0 Å². The van der Waals surface area contributed by atoms with Gasteiger partial charge in [0, 0.05) is 12.1 Å². The summed E-state index contributed by atoms with van der Waals surface area (Å²) >= 11 is 0. The topological polar surface area (TPSA) is 30.5 Å². The van der Waals surface area contributed by atoms with Crippen LogP contribution in [0.1, 0.15) is 54.4 Å². The van der Waals surface area contributed by atoms with Crippen LogP contribution in [0.4, 0.5) is 0 Å². The summed E-state index contributed by atoms with van der Waals surface area (Å²) in [6, 6.07) is 1.07. The predicted molar refractivity (Wildman–Crippen MR) is 99.7 cm³/mol. The first kappa shape index (κ1) is 21.8. The number of hydrogen-bond acceptors (Lipinski definition) is 4. The molecule has 0 aliphatic carbocycles. The molecule has 0 aliphatic heterocycles. The molecule has 0 amide bonds. The van der Waals surface area contributed by atoms with Crippen molar-refractivity contribution in [2.24, 2.45) is 0 Å². The second-order valence-electron chi connectivity index (χ2n) is 6.25. The van der Waals surface area contributed by atoms with Gasteiger partial charge >= 0.3 is 0 Å². The van der Waals surface area contributed by atoms with Crippen molar-refractivity contribution in [3.8, 4) is 0 Å². The summed E-state index contributed by atoms with van der Waals surface area (Å²) < 4.78 is 0. The quantitative estimate of drug-likeness (QED) is 0.455. The molecule has 0 saturated carbocycles. The molecule has 2 atom stereocenters. The van der Waals surface area contributed by atoms with Gasteiger partial charge in [-0.15, -0.1) is 0 Å². The SMILES string of the molecule is CCN(CC)CCCNC(C)C(C)NCCCN(CC)CC. The minimum atomic E-state index is 0.533. The maximum Gasteiger partial charge on any atom is 0.0190 e. The Morgan fingerprint density at radius 3 is 1.23 bits per heavy atom. The van der Waals surface area contributed by atoms with Crippen LogP contribution in [-0.4, -0.2) is 74.2 Å². The van der Waals surface area contributed by atoms with E-state index in [4.69, 9.17) is 0 Å². The third kappa shape index (κ3) is 10.5. The van der Waals surface area contributed by atoms with Gasteiger partial charge in [-0.1, -0.05) is 27.7 Å². The molecule has 0 aromatic carbocycles. The van der Waals surface area contributed by atoms with Crippen molar-refractivity contribution in [3.63, 3.8) is 0 Å². The summed E-state index contributed by atoms with van der Waals surface area (Å²) in [5.74, 6) is 0. The third-order valence-corrected chi connectivity index (χ3v) is 4.77. The van der Waals surface area contributed by atoms with Crippen molar-refractivity contribution >= 4 is 0 Å². The molecule has 0 radical (unpaired) electrons. The fourth-order valence-electron chi connectivity index (χ4n) is 2.70. The Morgan fingerprint density at radius 1 is 0.636 bits per heavy atom. The van der Waals surface area contributed by atoms with Gasteiger partial charge in [0.25, 0.3) is 0 Å². The number of rotatable bonds is 15. The van der Waals surface area contributed by atoms with E-state index in [0.717, 1.165) is 39.3 Å². The number of hydrogen-bond donors (Lipinski definition) is 2. The van der Waals surface area contributed by atoms with Crippen LogP contribution in [0.2, 0.25) is 0 Å². The molecule has 0 spiro atoms. The van der Waals surface area contributed by atoms with Gasteiger partial charge in [0.2, 0.25) is 0 Å². The summed E-state index contributed by atoms with van der Waals surface area (Å²) in [4.78, 5) is 4.97. The van der Waals surface area contributed by atoms with Gasteiger partial charge < -0.3 is 20.4 Å². The van der Waals surface area contributed by atoms with Crippen molar-refractivity contribution in [1.29, 1.82) is 0 Å². The second-order valence-corrected chi connectivity index (χ2v) is 6.25. The average Bonchev–Trinajstić information content (AvgIpc) is 2.54. The Bertz CT molecular complexity index is 203. The van der Waals surface area contributed by atoms with Crippen LogP contribution in [0.15, 0.2) is 0 Å². The van der Waals surface area contributed by atoms with Gasteiger partial charge in [0.1, 0.15) is 0 Å². The van der Waals surface area contributed by atoms with Crippen LogP contribution in [0.3, 0.4) is 0 Å². The van der Waals surface area contributed by atoms with E-state index in [2.05, 4.69) is 62.0 Å². The van der Waals surface area contributed by atoms with Crippen LogP contribution in [0, 0.1) is 0 Å². The highest BCUT2D eigenvalue weighted by molar-refractivity contribution is 4.74. The molecule has 4 nitrogen and oxygen atoms in total. The first-order valence-corrected chi connectivity index (χ1v) is 9.50. The summed E-state index contributed by atoms with van der Waals surface area (Å²) in [6.07, 6.45) is 2.47. The largest absolute Gasteiger partial charge is 0.313 e. The fraction of sp³-hybridized carbons (Fsp3) is 1.00. The van der Waals surface area contributed by atoms with Crippen LogP contribution >= 0.6 is 0 Å². The highest BCUT2D eigenvalue weighted by Crippen LogP contribution is 1.96. The molecule has 134 valence electrons. The maximum atomic E-state index is 3.66. The smallest absolute Gasteiger partial charge is 0.0190 e. The van der Waals surface area contributed by atoms with Crippen molar-refractivity contribution in [2.45, 2.75) is 66.5 Å². The van der Waals surface area contributed by atoms with Gasteiger partial charge in [0.15, 0.2) is 0 Å². The molecular weight excluding hydrogens is 272 g/mol. The van der Waals surface area contributed by atoms with E-state index in [9.17, 15) is 0 Å². The molecule has 0 aromatic heterocycles. The Balaban J connectivity index is 3.64. The molecule has 0 fully saturated rings. The third-order valence-electron chi connectivity index (χ3n) is 4.77. The van der Waals surface area contributed by atoms with Crippen LogP contribution < -0.4 is 10.6 Å². The monoisotopic (exact) mass is 314 g/mol.